The molecule has 0 unspecified atom stereocenters. The van der Waals surface area contributed by atoms with E-state index in [9.17, 15) is 13.2 Å². The Balaban J connectivity index is 2.25. The Morgan fingerprint density at radius 3 is 2.43 bits per heavy atom. The van der Waals surface area contributed by atoms with Gasteiger partial charge in [0.25, 0.3) is 10.0 Å². The molecule has 8 nitrogen and oxygen atoms in total. The zero-order valence-corrected chi connectivity index (χ0v) is 11.2. The third-order valence-electron chi connectivity index (χ3n) is 2.39. The number of carbonyl (C=O) groups is 1. The molecule has 21 heavy (non-hydrogen) atoms. The van der Waals surface area contributed by atoms with E-state index in [1.807, 2.05) is 6.07 Å². The summed E-state index contributed by atoms with van der Waals surface area (Å²) < 4.78 is 26.2. The van der Waals surface area contributed by atoms with Gasteiger partial charge in [-0.2, -0.15) is 13.7 Å². The lowest BCUT2D eigenvalue weighted by molar-refractivity contribution is 0.0696. The first-order valence-electron chi connectivity index (χ1n) is 5.51. The second-order valence-electron chi connectivity index (χ2n) is 3.84. The van der Waals surface area contributed by atoms with Crippen LogP contribution >= 0.6 is 0 Å². The molecule has 0 amide bonds. The molecule has 0 bridgehead atoms. The molecule has 106 valence electrons. The van der Waals surface area contributed by atoms with Crippen molar-refractivity contribution in [3.05, 3.63) is 47.8 Å². The van der Waals surface area contributed by atoms with Gasteiger partial charge in [-0.25, -0.2) is 14.8 Å². The highest BCUT2D eigenvalue weighted by molar-refractivity contribution is 7.92. The van der Waals surface area contributed by atoms with Crippen molar-refractivity contribution in [3.8, 4) is 6.07 Å². The number of nitrogens with zero attached hydrogens (tertiary/aromatic N) is 3. The SMILES string of the molecule is N#Cc1ccc(NS(=O)(=O)c2ccc(C(=O)O)cn2)nc1. The van der Waals surface area contributed by atoms with Crippen LogP contribution in [0.25, 0.3) is 0 Å². The van der Waals surface area contributed by atoms with E-state index in [1.54, 1.807) is 0 Å². The summed E-state index contributed by atoms with van der Waals surface area (Å²) in [5.41, 5.74) is 0.173. The van der Waals surface area contributed by atoms with E-state index in [1.165, 1.54) is 18.3 Å². The number of carboxylic acid groups (broad SMARTS) is 1. The summed E-state index contributed by atoms with van der Waals surface area (Å²) in [6.45, 7) is 0. The summed E-state index contributed by atoms with van der Waals surface area (Å²) in [4.78, 5) is 18.0. The maximum absolute atomic E-state index is 12.0. The molecule has 2 N–H and O–H groups in total. The van der Waals surface area contributed by atoms with Crippen LogP contribution in [0.1, 0.15) is 15.9 Å². The molecule has 0 aliphatic carbocycles. The molecule has 0 radical (unpaired) electrons. The van der Waals surface area contributed by atoms with E-state index in [-0.39, 0.29) is 16.4 Å². The van der Waals surface area contributed by atoms with Crippen LogP contribution in [0.15, 0.2) is 41.7 Å². The van der Waals surface area contributed by atoms with Gasteiger partial charge in [0.1, 0.15) is 11.9 Å². The number of anilines is 1. The molecule has 2 heterocycles. The number of nitrogens with one attached hydrogen (secondary N) is 1. The van der Waals surface area contributed by atoms with Crippen LogP contribution in [0.4, 0.5) is 5.82 Å². The van der Waals surface area contributed by atoms with Crippen molar-refractivity contribution >= 4 is 21.8 Å². The molecule has 0 saturated carbocycles. The number of sulfonamides is 1. The van der Waals surface area contributed by atoms with Gasteiger partial charge >= 0.3 is 5.97 Å². The van der Waals surface area contributed by atoms with E-state index >= 15 is 0 Å². The molecular weight excluding hydrogens is 296 g/mol. The second kappa shape index (κ2) is 5.56. The van der Waals surface area contributed by atoms with E-state index in [2.05, 4.69) is 14.7 Å². The minimum absolute atomic E-state index is 0.0260. The summed E-state index contributed by atoms with van der Waals surface area (Å²) in [6, 6.07) is 6.82. The maximum Gasteiger partial charge on any atom is 0.337 e. The lowest BCUT2D eigenvalue weighted by atomic mass is 10.3. The average molecular weight is 304 g/mol. The highest BCUT2D eigenvalue weighted by Gasteiger charge is 2.17. The van der Waals surface area contributed by atoms with E-state index in [0.717, 1.165) is 18.3 Å². The van der Waals surface area contributed by atoms with Gasteiger partial charge in [-0.3, -0.25) is 4.72 Å². The molecule has 9 heteroatoms. The highest BCUT2D eigenvalue weighted by atomic mass is 32.2. The number of aromatic carboxylic acids is 1. The molecule has 0 saturated heterocycles. The Morgan fingerprint density at radius 1 is 1.19 bits per heavy atom. The van der Waals surface area contributed by atoms with Crippen molar-refractivity contribution < 1.29 is 18.3 Å². The average Bonchev–Trinajstić information content (AvgIpc) is 2.48. The number of carboxylic acids is 1. The predicted octanol–water partition coefficient (Wildman–Crippen LogP) is 0.847. The molecule has 0 atom stereocenters. The molecular formula is C12H8N4O4S. The first-order chi connectivity index (χ1) is 9.92. The van der Waals surface area contributed by atoms with Crippen LogP contribution in [0.3, 0.4) is 0 Å². The largest absolute Gasteiger partial charge is 0.478 e. The van der Waals surface area contributed by atoms with E-state index in [0.29, 0.717) is 5.56 Å². The molecule has 0 aromatic carbocycles. The normalized spacial score (nSPS) is 10.6. The summed E-state index contributed by atoms with van der Waals surface area (Å²) in [6.07, 6.45) is 2.17. The van der Waals surface area contributed by atoms with Crippen molar-refractivity contribution in [2.24, 2.45) is 0 Å². The minimum Gasteiger partial charge on any atom is -0.478 e. The van der Waals surface area contributed by atoms with Crippen LogP contribution < -0.4 is 4.72 Å². The van der Waals surface area contributed by atoms with Gasteiger partial charge in [0, 0.05) is 12.4 Å². The molecule has 0 fully saturated rings. The smallest absolute Gasteiger partial charge is 0.337 e. The summed E-state index contributed by atoms with van der Waals surface area (Å²) in [7, 11) is -3.97. The summed E-state index contributed by atoms with van der Waals surface area (Å²) >= 11 is 0. The summed E-state index contributed by atoms with van der Waals surface area (Å²) in [5.74, 6) is -1.17. The maximum atomic E-state index is 12.0. The monoisotopic (exact) mass is 304 g/mol. The van der Waals surface area contributed by atoms with Crippen LogP contribution in [-0.4, -0.2) is 29.5 Å². The lowest BCUT2D eigenvalue weighted by Crippen LogP contribution is -2.15. The predicted molar refractivity (Wildman–Crippen MR) is 71.0 cm³/mol. The van der Waals surface area contributed by atoms with Gasteiger partial charge in [-0.15, -0.1) is 0 Å². The van der Waals surface area contributed by atoms with Crippen molar-refractivity contribution in [1.82, 2.24) is 9.97 Å². The van der Waals surface area contributed by atoms with Gasteiger partial charge in [-0.05, 0) is 24.3 Å². The Kier molecular flexibility index (Phi) is 3.82. The highest BCUT2D eigenvalue weighted by Crippen LogP contribution is 2.13. The number of nitriles is 1. The zero-order chi connectivity index (χ0) is 15.5. The molecule has 2 aromatic rings. The molecule has 0 aliphatic rings. The van der Waals surface area contributed by atoms with E-state index < -0.39 is 16.0 Å². The Labute approximate surface area is 119 Å². The standard InChI is InChI=1S/C12H8N4O4S/c13-5-8-1-3-10(14-6-8)16-21(19,20)11-4-2-9(7-15-11)12(17)18/h1-4,6-7H,(H,14,16)(H,17,18). The fraction of sp³-hybridized carbons (Fsp3) is 0. The third kappa shape index (κ3) is 3.31. The van der Waals surface area contributed by atoms with Gasteiger partial charge in [0.15, 0.2) is 5.03 Å². The van der Waals surface area contributed by atoms with Gasteiger partial charge in [0.2, 0.25) is 0 Å². The van der Waals surface area contributed by atoms with Crippen molar-refractivity contribution in [2.45, 2.75) is 5.03 Å². The zero-order valence-electron chi connectivity index (χ0n) is 10.4. The number of hydrogen-bond donors (Lipinski definition) is 2. The van der Waals surface area contributed by atoms with E-state index in [4.69, 9.17) is 10.4 Å². The van der Waals surface area contributed by atoms with Crippen LogP contribution in [0.2, 0.25) is 0 Å². The number of hydrogen-bond acceptors (Lipinski definition) is 6. The number of aromatic nitrogens is 2. The Morgan fingerprint density at radius 2 is 1.95 bits per heavy atom. The fourth-order valence-corrected chi connectivity index (χ4v) is 2.32. The van der Waals surface area contributed by atoms with Gasteiger partial charge in [-0.1, -0.05) is 0 Å². The number of rotatable bonds is 4. The Hall–Kier alpha value is -2.99. The van der Waals surface area contributed by atoms with Crippen molar-refractivity contribution in [3.63, 3.8) is 0 Å². The second-order valence-corrected chi connectivity index (χ2v) is 5.47. The first-order valence-corrected chi connectivity index (χ1v) is 6.99. The Bertz CT molecular complexity index is 808. The van der Waals surface area contributed by atoms with Crippen molar-refractivity contribution in [1.29, 1.82) is 5.26 Å². The molecule has 2 rings (SSSR count). The fourth-order valence-electron chi connectivity index (χ4n) is 1.38. The molecule has 0 spiro atoms. The molecule has 0 aliphatic heterocycles. The van der Waals surface area contributed by atoms with Crippen LogP contribution in [0, 0.1) is 11.3 Å². The third-order valence-corrected chi connectivity index (χ3v) is 3.66. The molecule has 2 aromatic heterocycles. The summed E-state index contributed by atoms with van der Waals surface area (Å²) in [5, 5.41) is 17.0. The van der Waals surface area contributed by atoms with Crippen LogP contribution in [0.5, 0.6) is 0 Å². The number of pyridine rings is 2. The quantitative estimate of drug-likeness (QED) is 0.855. The topological polar surface area (TPSA) is 133 Å². The lowest BCUT2D eigenvalue weighted by Gasteiger charge is -2.06. The van der Waals surface area contributed by atoms with Crippen LogP contribution in [-0.2, 0) is 10.0 Å². The van der Waals surface area contributed by atoms with Gasteiger partial charge in [0.05, 0.1) is 11.1 Å². The first kappa shape index (κ1) is 14.4. The van der Waals surface area contributed by atoms with Gasteiger partial charge < -0.3 is 5.11 Å². The minimum atomic E-state index is -3.97. The van der Waals surface area contributed by atoms with Crippen molar-refractivity contribution in [2.75, 3.05) is 4.72 Å².